The van der Waals surface area contributed by atoms with Gasteiger partial charge in [-0.25, -0.2) is 0 Å². The van der Waals surface area contributed by atoms with Crippen LogP contribution in [0.2, 0.25) is 0 Å². The molecule has 0 spiro atoms. The van der Waals surface area contributed by atoms with E-state index in [1.54, 1.807) is 6.92 Å². The molecule has 1 amide bonds. The molecule has 0 saturated carbocycles. The van der Waals surface area contributed by atoms with Crippen molar-refractivity contribution in [2.24, 2.45) is 5.73 Å². The number of nitrogens with two attached hydrogens (primary N) is 1. The van der Waals surface area contributed by atoms with Crippen molar-refractivity contribution in [2.75, 3.05) is 46.3 Å². The third-order valence-electron chi connectivity index (χ3n) is 2.01. The van der Waals surface area contributed by atoms with Gasteiger partial charge in [-0.3, -0.25) is 9.69 Å². The first-order valence-electron chi connectivity index (χ1n) is 7.33. The molecular weight excluding hydrogens is 256 g/mol. The van der Waals surface area contributed by atoms with Crippen LogP contribution in [-0.4, -0.2) is 63.9 Å². The lowest BCUT2D eigenvalue weighted by Gasteiger charge is -2.26. The summed E-state index contributed by atoms with van der Waals surface area (Å²) < 4.78 is 0. The summed E-state index contributed by atoms with van der Waals surface area (Å²) in [5.74, 6) is 0.0603. The zero-order chi connectivity index (χ0) is 16.8. The summed E-state index contributed by atoms with van der Waals surface area (Å²) in [6.45, 7) is 17.6. The van der Waals surface area contributed by atoms with Gasteiger partial charge in [0.15, 0.2) is 0 Å². The van der Waals surface area contributed by atoms with Crippen LogP contribution in [0.4, 0.5) is 0 Å². The number of carbonyl (C=O) groups is 2. The lowest BCUT2D eigenvalue weighted by Crippen LogP contribution is -2.46. The van der Waals surface area contributed by atoms with Gasteiger partial charge in [-0.05, 0) is 7.05 Å². The number of amides is 1. The molecule has 1 saturated heterocycles. The van der Waals surface area contributed by atoms with Gasteiger partial charge < -0.3 is 21.2 Å². The van der Waals surface area contributed by atoms with Crippen LogP contribution in [0.3, 0.4) is 0 Å². The van der Waals surface area contributed by atoms with Crippen LogP contribution in [0.5, 0.6) is 0 Å². The van der Waals surface area contributed by atoms with E-state index in [0.717, 1.165) is 39.3 Å². The Kier molecular flexibility index (Phi) is 42.2. The molecule has 0 aromatic carbocycles. The van der Waals surface area contributed by atoms with Crippen LogP contribution in [0, 0.1) is 0 Å². The van der Waals surface area contributed by atoms with E-state index in [4.69, 9.17) is 4.79 Å². The van der Waals surface area contributed by atoms with Crippen LogP contribution in [0.25, 0.3) is 0 Å². The third-order valence-corrected chi connectivity index (χ3v) is 2.01. The molecular formula is C14H36N4O2. The predicted octanol–water partition coefficient (Wildman–Crippen LogP) is 0.470. The topological polar surface area (TPSA) is 87.5 Å². The zero-order valence-electron chi connectivity index (χ0n) is 14.3. The molecule has 0 aromatic rings. The largest absolute Gasteiger partial charge is 0.355 e. The molecule has 4 N–H and O–H groups in total. The highest BCUT2D eigenvalue weighted by molar-refractivity contribution is 5.72. The van der Waals surface area contributed by atoms with Gasteiger partial charge in [-0.15, -0.1) is 0 Å². The molecule has 0 bridgehead atoms. The highest BCUT2D eigenvalue weighted by Crippen LogP contribution is 1.89. The smallest absolute Gasteiger partial charge is 0.216 e. The maximum absolute atomic E-state index is 10.5. The lowest BCUT2D eigenvalue weighted by molar-refractivity contribution is -0.119. The maximum atomic E-state index is 10.5. The molecule has 0 unspecified atom stereocenters. The van der Waals surface area contributed by atoms with Crippen LogP contribution in [-0.2, 0) is 9.59 Å². The summed E-state index contributed by atoms with van der Waals surface area (Å²) in [6, 6.07) is 0. The van der Waals surface area contributed by atoms with E-state index in [0.29, 0.717) is 0 Å². The summed E-state index contributed by atoms with van der Waals surface area (Å²) in [7, 11) is 1.50. The second kappa shape index (κ2) is 30.8. The molecule has 20 heavy (non-hydrogen) atoms. The van der Waals surface area contributed by atoms with E-state index in [1.807, 2.05) is 34.5 Å². The second-order valence-electron chi connectivity index (χ2n) is 3.07. The van der Waals surface area contributed by atoms with Crippen molar-refractivity contribution < 1.29 is 9.59 Å². The van der Waals surface area contributed by atoms with Gasteiger partial charge in [0.05, 0.1) is 0 Å². The van der Waals surface area contributed by atoms with E-state index in [1.165, 1.54) is 7.05 Å². The van der Waals surface area contributed by atoms with Crippen LogP contribution in [0.1, 0.15) is 34.6 Å². The minimum absolute atomic E-state index is 0.0603. The van der Waals surface area contributed by atoms with Gasteiger partial charge in [0.2, 0.25) is 5.91 Å². The molecule has 1 heterocycles. The molecule has 1 rings (SSSR count). The van der Waals surface area contributed by atoms with Crippen LogP contribution >= 0.6 is 0 Å². The van der Waals surface area contributed by atoms with Gasteiger partial charge in [0, 0.05) is 46.2 Å². The highest BCUT2D eigenvalue weighted by atomic mass is 16.1. The Bertz CT molecular complexity index is 163. The van der Waals surface area contributed by atoms with E-state index < -0.39 is 0 Å². The van der Waals surface area contributed by atoms with E-state index >= 15 is 0 Å². The van der Waals surface area contributed by atoms with Crippen LogP contribution in [0.15, 0.2) is 0 Å². The Morgan fingerprint density at radius 1 is 1.15 bits per heavy atom. The molecule has 6 nitrogen and oxygen atoms in total. The highest BCUT2D eigenvalue weighted by Gasteiger charge is 2.07. The molecule has 0 aromatic heterocycles. The van der Waals surface area contributed by atoms with Crippen molar-refractivity contribution in [3.05, 3.63) is 0 Å². The van der Waals surface area contributed by atoms with E-state index in [2.05, 4.69) is 21.3 Å². The van der Waals surface area contributed by atoms with Crippen molar-refractivity contribution in [1.29, 1.82) is 0 Å². The summed E-state index contributed by atoms with van der Waals surface area (Å²) in [5.41, 5.74) is 4.50. The average molecular weight is 292 g/mol. The average Bonchev–Trinajstić information content (AvgIpc) is 2.56. The Hall–Kier alpha value is -0.980. The summed E-state index contributed by atoms with van der Waals surface area (Å²) in [6.07, 6.45) is 0. The van der Waals surface area contributed by atoms with Crippen LogP contribution < -0.4 is 16.4 Å². The minimum atomic E-state index is 0.0603. The minimum Gasteiger partial charge on any atom is -0.355 e. The molecule has 0 aliphatic carbocycles. The number of rotatable bonds is 3. The predicted molar refractivity (Wildman–Crippen MR) is 87.9 cm³/mol. The zero-order valence-corrected chi connectivity index (χ0v) is 14.3. The molecule has 0 atom stereocenters. The molecule has 1 aliphatic heterocycles. The number of nitrogens with one attached hydrogen (secondary N) is 2. The molecule has 0 radical (unpaired) electrons. The van der Waals surface area contributed by atoms with Crippen molar-refractivity contribution in [1.82, 2.24) is 15.5 Å². The van der Waals surface area contributed by atoms with Crippen molar-refractivity contribution in [3.8, 4) is 0 Å². The van der Waals surface area contributed by atoms with Gasteiger partial charge in [0.25, 0.3) is 0 Å². The summed E-state index contributed by atoms with van der Waals surface area (Å²) in [4.78, 5) is 20.9. The quantitative estimate of drug-likeness (QED) is 0.704. The SMILES string of the molecule is C=O.CC.CC.CC(=O)NCCN1CCNCC1.CN. The van der Waals surface area contributed by atoms with E-state index in [9.17, 15) is 4.79 Å². The number of nitrogens with zero attached hydrogens (tertiary/aromatic N) is 1. The Morgan fingerprint density at radius 2 is 1.55 bits per heavy atom. The Labute approximate surface area is 125 Å². The van der Waals surface area contributed by atoms with Gasteiger partial charge in [0.1, 0.15) is 6.79 Å². The first-order chi connectivity index (χ1) is 9.79. The molecule has 124 valence electrons. The fourth-order valence-electron chi connectivity index (χ4n) is 1.32. The monoisotopic (exact) mass is 292 g/mol. The molecule has 1 fully saturated rings. The summed E-state index contributed by atoms with van der Waals surface area (Å²) in [5, 5.41) is 6.08. The second-order valence-corrected chi connectivity index (χ2v) is 3.07. The Morgan fingerprint density at radius 3 is 1.90 bits per heavy atom. The number of piperazine rings is 1. The van der Waals surface area contributed by atoms with Crippen molar-refractivity contribution in [2.45, 2.75) is 34.6 Å². The lowest BCUT2D eigenvalue weighted by atomic mass is 10.3. The van der Waals surface area contributed by atoms with Gasteiger partial charge in [-0.1, -0.05) is 27.7 Å². The fraction of sp³-hybridized carbons (Fsp3) is 0.857. The first kappa shape index (κ1) is 27.4. The van der Waals surface area contributed by atoms with Gasteiger partial charge in [-0.2, -0.15) is 0 Å². The number of hydrogen-bond donors (Lipinski definition) is 3. The number of hydrogen-bond acceptors (Lipinski definition) is 5. The standard InChI is InChI=1S/C8H17N3O.2C2H6.CH5N.CH2O/c1-8(12)10-4-7-11-5-2-9-3-6-11;4*1-2/h9H,2-7H2,1H3,(H,10,12);2*1-2H3;2H2,1H3;1H2. The van der Waals surface area contributed by atoms with Crippen molar-refractivity contribution >= 4 is 12.7 Å². The Balaban J connectivity index is -0.000000138. The first-order valence-corrected chi connectivity index (χ1v) is 7.33. The molecule has 6 heteroatoms. The third kappa shape index (κ3) is 25.8. The maximum Gasteiger partial charge on any atom is 0.216 e. The van der Waals surface area contributed by atoms with E-state index in [-0.39, 0.29) is 5.91 Å². The normalized spacial score (nSPS) is 12.6. The fourth-order valence-corrected chi connectivity index (χ4v) is 1.32. The molecule has 1 aliphatic rings. The summed E-state index contributed by atoms with van der Waals surface area (Å²) >= 11 is 0. The van der Waals surface area contributed by atoms with Gasteiger partial charge >= 0.3 is 0 Å². The van der Waals surface area contributed by atoms with Crippen molar-refractivity contribution in [3.63, 3.8) is 0 Å². The number of carbonyl (C=O) groups excluding carboxylic acids is 2.